The van der Waals surface area contributed by atoms with Crippen LogP contribution in [0.5, 0.6) is 0 Å². The normalized spacial score (nSPS) is 17.4. The summed E-state index contributed by atoms with van der Waals surface area (Å²) in [6.07, 6.45) is 4.92. The van der Waals surface area contributed by atoms with Gasteiger partial charge < -0.3 is 9.80 Å². The van der Waals surface area contributed by atoms with Crippen molar-refractivity contribution in [1.82, 2.24) is 9.88 Å². The number of nitrogens with zero attached hydrogens (tertiary/aromatic N) is 3. The Kier molecular flexibility index (Phi) is 4.30. The van der Waals surface area contributed by atoms with Crippen LogP contribution in [0, 0.1) is 13.8 Å². The number of aryl methyl sites for hydroxylation is 2. The molecule has 0 radical (unpaired) electrons. The average molecular weight is 335 g/mol. The van der Waals surface area contributed by atoms with Crippen LogP contribution < -0.4 is 4.90 Å². The fourth-order valence-corrected chi connectivity index (χ4v) is 4.12. The van der Waals surface area contributed by atoms with E-state index in [1.165, 1.54) is 29.5 Å². The largest absolute Gasteiger partial charge is 0.309 e. The monoisotopic (exact) mass is 335 g/mol. The first-order chi connectivity index (χ1) is 12.1. The van der Waals surface area contributed by atoms with Gasteiger partial charge in [-0.05, 0) is 62.5 Å². The smallest absolute Gasteiger partial charge is 0.233 e. The summed E-state index contributed by atoms with van der Waals surface area (Å²) in [4.78, 5) is 21.5. The lowest BCUT2D eigenvalue weighted by atomic mass is 9.96. The highest BCUT2D eigenvalue weighted by Gasteiger charge is 2.29. The number of likely N-dealkylation sites (tertiary alicyclic amines) is 1. The van der Waals surface area contributed by atoms with Crippen molar-refractivity contribution in [2.75, 3.05) is 31.1 Å². The molecule has 1 amide bonds. The van der Waals surface area contributed by atoms with Crippen LogP contribution >= 0.6 is 0 Å². The second kappa shape index (κ2) is 6.60. The molecule has 0 N–H and O–H groups in total. The van der Waals surface area contributed by atoms with Crippen LogP contribution in [-0.2, 0) is 11.2 Å². The van der Waals surface area contributed by atoms with Gasteiger partial charge in [-0.1, -0.05) is 18.2 Å². The number of carbonyl (C=O) groups excluding carboxylic acids is 1. The zero-order valence-electron chi connectivity index (χ0n) is 15.1. The van der Waals surface area contributed by atoms with Crippen LogP contribution in [0.3, 0.4) is 0 Å². The van der Waals surface area contributed by atoms with Crippen LogP contribution in [0.1, 0.15) is 29.7 Å². The molecule has 3 heterocycles. The number of aromatic nitrogens is 1. The van der Waals surface area contributed by atoms with Crippen molar-refractivity contribution >= 4 is 11.6 Å². The number of benzene rings is 1. The van der Waals surface area contributed by atoms with E-state index in [1.54, 1.807) is 0 Å². The van der Waals surface area contributed by atoms with Crippen molar-refractivity contribution in [3.05, 3.63) is 47.3 Å². The van der Waals surface area contributed by atoms with Gasteiger partial charge in [-0.15, -0.1) is 0 Å². The molecule has 4 heteroatoms. The molecular weight excluding hydrogens is 310 g/mol. The maximum atomic E-state index is 12.5. The predicted octanol–water partition coefficient (Wildman–Crippen LogP) is 3.35. The summed E-state index contributed by atoms with van der Waals surface area (Å²) in [5.41, 5.74) is 6.75. The second-order valence-electron chi connectivity index (χ2n) is 7.23. The number of amides is 1. The fraction of sp³-hybridized carbons (Fsp3) is 0.429. The van der Waals surface area contributed by atoms with Crippen LogP contribution in [0.4, 0.5) is 5.69 Å². The van der Waals surface area contributed by atoms with Crippen LogP contribution in [0.15, 0.2) is 30.5 Å². The third-order valence-corrected chi connectivity index (χ3v) is 5.47. The van der Waals surface area contributed by atoms with E-state index in [4.69, 9.17) is 0 Å². The van der Waals surface area contributed by atoms with Gasteiger partial charge in [-0.2, -0.15) is 0 Å². The molecule has 2 aliphatic rings. The maximum Gasteiger partial charge on any atom is 0.233 e. The van der Waals surface area contributed by atoms with Gasteiger partial charge in [0.15, 0.2) is 0 Å². The third kappa shape index (κ3) is 3.07. The Hall–Kier alpha value is -2.20. The Bertz CT molecular complexity index is 789. The van der Waals surface area contributed by atoms with Gasteiger partial charge in [-0.3, -0.25) is 9.78 Å². The molecule has 130 valence electrons. The first kappa shape index (κ1) is 16.3. The van der Waals surface area contributed by atoms with Crippen molar-refractivity contribution in [3.63, 3.8) is 0 Å². The molecule has 0 saturated carbocycles. The van der Waals surface area contributed by atoms with Crippen molar-refractivity contribution in [1.29, 1.82) is 0 Å². The highest BCUT2D eigenvalue weighted by atomic mass is 16.2. The molecule has 2 aliphatic heterocycles. The van der Waals surface area contributed by atoms with Crippen molar-refractivity contribution in [3.8, 4) is 11.1 Å². The van der Waals surface area contributed by atoms with E-state index in [-0.39, 0.29) is 5.91 Å². The standard InChI is InChI=1S/C21H25N3O/c1-15-6-5-7-16(2)21(15)17-12-19-18(22-14-17)13-20(25)24(19)11-10-23-8-3-4-9-23/h5-7,12,14H,3-4,8-11,13H2,1-2H3. The minimum absolute atomic E-state index is 0.181. The number of pyridine rings is 1. The molecule has 0 spiro atoms. The zero-order chi connectivity index (χ0) is 17.4. The van der Waals surface area contributed by atoms with E-state index >= 15 is 0 Å². The molecule has 1 saturated heterocycles. The average Bonchev–Trinajstić information content (AvgIpc) is 3.20. The number of rotatable bonds is 4. The van der Waals surface area contributed by atoms with E-state index in [1.807, 2.05) is 11.1 Å². The second-order valence-corrected chi connectivity index (χ2v) is 7.23. The number of hydrogen-bond donors (Lipinski definition) is 0. The van der Waals surface area contributed by atoms with E-state index in [9.17, 15) is 4.79 Å². The van der Waals surface area contributed by atoms with Gasteiger partial charge in [-0.25, -0.2) is 0 Å². The van der Waals surface area contributed by atoms with Gasteiger partial charge in [0.25, 0.3) is 0 Å². The Morgan fingerprint density at radius 2 is 1.80 bits per heavy atom. The molecule has 4 rings (SSSR count). The lowest BCUT2D eigenvalue weighted by Crippen LogP contribution is -2.35. The molecule has 1 fully saturated rings. The summed E-state index contributed by atoms with van der Waals surface area (Å²) in [5.74, 6) is 0.181. The topological polar surface area (TPSA) is 36.4 Å². The summed E-state index contributed by atoms with van der Waals surface area (Å²) in [7, 11) is 0. The summed E-state index contributed by atoms with van der Waals surface area (Å²) < 4.78 is 0. The highest BCUT2D eigenvalue weighted by molar-refractivity contribution is 6.01. The molecule has 0 aliphatic carbocycles. The first-order valence-corrected chi connectivity index (χ1v) is 9.22. The number of anilines is 1. The number of hydrogen-bond acceptors (Lipinski definition) is 3. The lowest BCUT2D eigenvalue weighted by molar-refractivity contribution is -0.117. The minimum atomic E-state index is 0.181. The van der Waals surface area contributed by atoms with Gasteiger partial charge in [0.1, 0.15) is 0 Å². The number of carbonyl (C=O) groups is 1. The summed E-state index contributed by atoms with van der Waals surface area (Å²) >= 11 is 0. The quantitative estimate of drug-likeness (QED) is 0.860. The Labute approximate surface area is 149 Å². The Morgan fingerprint density at radius 1 is 1.08 bits per heavy atom. The minimum Gasteiger partial charge on any atom is -0.309 e. The molecular formula is C21H25N3O. The SMILES string of the molecule is Cc1cccc(C)c1-c1cnc2c(c1)N(CCN1CCCC1)C(=O)C2. The Morgan fingerprint density at radius 3 is 2.52 bits per heavy atom. The highest BCUT2D eigenvalue weighted by Crippen LogP contribution is 2.34. The summed E-state index contributed by atoms with van der Waals surface area (Å²) in [6, 6.07) is 8.51. The van der Waals surface area contributed by atoms with Crippen molar-refractivity contribution < 1.29 is 4.79 Å². The molecule has 1 aromatic heterocycles. The molecule has 1 aromatic carbocycles. The lowest BCUT2D eigenvalue weighted by Gasteiger charge is -2.22. The number of fused-ring (bicyclic) bond motifs is 1. The van der Waals surface area contributed by atoms with E-state index in [0.717, 1.165) is 43.1 Å². The molecule has 4 nitrogen and oxygen atoms in total. The van der Waals surface area contributed by atoms with E-state index in [2.05, 4.69) is 48.0 Å². The molecule has 0 unspecified atom stereocenters. The van der Waals surface area contributed by atoms with Crippen molar-refractivity contribution in [2.24, 2.45) is 0 Å². The van der Waals surface area contributed by atoms with Crippen LogP contribution in [0.2, 0.25) is 0 Å². The van der Waals surface area contributed by atoms with Crippen LogP contribution in [-0.4, -0.2) is 42.0 Å². The molecule has 0 atom stereocenters. The third-order valence-electron chi connectivity index (χ3n) is 5.47. The maximum absolute atomic E-state index is 12.5. The Balaban J connectivity index is 1.63. The van der Waals surface area contributed by atoms with Crippen LogP contribution in [0.25, 0.3) is 11.1 Å². The zero-order valence-corrected chi connectivity index (χ0v) is 15.1. The van der Waals surface area contributed by atoms with Crippen molar-refractivity contribution in [2.45, 2.75) is 33.1 Å². The molecule has 0 bridgehead atoms. The van der Waals surface area contributed by atoms with Gasteiger partial charge in [0.2, 0.25) is 5.91 Å². The predicted molar refractivity (Wildman–Crippen MR) is 101 cm³/mol. The van der Waals surface area contributed by atoms with Gasteiger partial charge >= 0.3 is 0 Å². The van der Waals surface area contributed by atoms with E-state index < -0.39 is 0 Å². The summed E-state index contributed by atoms with van der Waals surface area (Å²) in [6.45, 7) is 8.31. The van der Waals surface area contributed by atoms with E-state index in [0.29, 0.717) is 6.42 Å². The fourth-order valence-electron chi connectivity index (χ4n) is 4.12. The molecule has 2 aromatic rings. The van der Waals surface area contributed by atoms with Gasteiger partial charge in [0, 0.05) is 24.8 Å². The molecule has 25 heavy (non-hydrogen) atoms. The first-order valence-electron chi connectivity index (χ1n) is 9.22. The summed E-state index contributed by atoms with van der Waals surface area (Å²) in [5, 5.41) is 0. The van der Waals surface area contributed by atoms with Gasteiger partial charge in [0.05, 0.1) is 17.8 Å².